The molecule has 0 spiro atoms. The SMILES string of the molecule is Cl.Cl.O=C(N[C@@H]1CCC[C@H](Nc2nc(-c3c[nH]c4ncc(Cl)cc34)ncc2F)C1)C1CNCCO1. The van der Waals surface area contributed by atoms with Crippen molar-refractivity contribution in [1.29, 1.82) is 0 Å². The van der Waals surface area contributed by atoms with Gasteiger partial charge < -0.3 is 25.7 Å². The lowest BCUT2D eigenvalue weighted by Crippen LogP contribution is -2.51. The minimum atomic E-state index is -0.525. The number of H-pyrrole nitrogens is 1. The van der Waals surface area contributed by atoms with Crippen molar-refractivity contribution in [3.05, 3.63) is 35.5 Å². The first-order chi connectivity index (χ1) is 16.1. The molecule has 1 aliphatic carbocycles. The highest BCUT2D eigenvalue weighted by atomic mass is 35.5. The Morgan fingerprint density at radius 1 is 1.20 bits per heavy atom. The van der Waals surface area contributed by atoms with Crippen LogP contribution in [0.25, 0.3) is 22.4 Å². The molecule has 35 heavy (non-hydrogen) atoms. The van der Waals surface area contributed by atoms with E-state index in [1.54, 1.807) is 18.5 Å². The average molecular weight is 547 g/mol. The number of fused-ring (bicyclic) bond motifs is 1. The average Bonchev–Trinajstić information content (AvgIpc) is 3.24. The van der Waals surface area contributed by atoms with Crippen molar-refractivity contribution in [2.45, 2.75) is 43.9 Å². The Hall–Kier alpha value is -2.24. The number of amides is 1. The van der Waals surface area contributed by atoms with Crippen LogP contribution in [0.15, 0.2) is 24.7 Å². The van der Waals surface area contributed by atoms with Crippen molar-refractivity contribution in [2.75, 3.05) is 25.0 Å². The number of pyridine rings is 1. The van der Waals surface area contributed by atoms with Crippen LogP contribution in [0.3, 0.4) is 0 Å². The van der Waals surface area contributed by atoms with Gasteiger partial charge in [-0.3, -0.25) is 4.79 Å². The fourth-order valence-corrected chi connectivity index (χ4v) is 4.59. The predicted molar refractivity (Wildman–Crippen MR) is 137 cm³/mol. The topological polar surface area (TPSA) is 117 Å². The number of halogens is 4. The molecular weight excluding hydrogens is 520 g/mol. The fraction of sp³-hybridized carbons (Fsp3) is 0.455. The molecule has 2 fully saturated rings. The van der Waals surface area contributed by atoms with Crippen molar-refractivity contribution < 1.29 is 13.9 Å². The van der Waals surface area contributed by atoms with Gasteiger partial charge in [0.1, 0.15) is 11.8 Å². The number of nitrogens with one attached hydrogen (secondary N) is 4. The number of aromatic nitrogens is 4. The summed E-state index contributed by atoms with van der Waals surface area (Å²) in [7, 11) is 0. The Morgan fingerprint density at radius 2 is 2.03 bits per heavy atom. The highest BCUT2D eigenvalue weighted by Gasteiger charge is 2.28. The van der Waals surface area contributed by atoms with E-state index in [4.69, 9.17) is 16.3 Å². The highest BCUT2D eigenvalue weighted by Crippen LogP contribution is 2.29. The molecule has 3 aromatic heterocycles. The van der Waals surface area contributed by atoms with E-state index < -0.39 is 11.9 Å². The lowest BCUT2D eigenvalue weighted by Gasteiger charge is -2.32. The fourth-order valence-electron chi connectivity index (χ4n) is 4.43. The van der Waals surface area contributed by atoms with E-state index in [1.807, 2.05) is 0 Å². The quantitative estimate of drug-likeness (QED) is 0.387. The standard InChI is InChI=1S/C22H25ClFN7O2.2ClH/c23-12-6-15-16(9-27-19(15)26-8-12)20-28-10-17(24)21(31-20)29-13-2-1-3-14(7-13)30-22(32)18-11-25-4-5-33-18;;/h6,8-10,13-14,18,25H,1-5,7,11H2,(H,26,27)(H,30,32)(H,28,29,31);2*1H/t13-,14+,18?;;/m0../s1. The van der Waals surface area contributed by atoms with Gasteiger partial charge in [-0.1, -0.05) is 11.6 Å². The second-order valence-electron chi connectivity index (χ2n) is 8.42. The molecular formula is C22H27Cl3FN7O2. The summed E-state index contributed by atoms with van der Waals surface area (Å²) in [6.45, 7) is 1.80. The Balaban J connectivity index is 0.00000171. The van der Waals surface area contributed by atoms with E-state index in [1.165, 1.54) is 0 Å². The summed E-state index contributed by atoms with van der Waals surface area (Å²) in [4.78, 5) is 28.4. The maximum Gasteiger partial charge on any atom is 0.250 e. The minimum absolute atomic E-state index is 0. The van der Waals surface area contributed by atoms with Crippen LogP contribution in [0, 0.1) is 5.82 Å². The number of nitrogens with zero attached hydrogens (tertiary/aromatic N) is 3. The van der Waals surface area contributed by atoms with E-state index in [2.05, 4.69) is 35.9 Å². The maximum atomic E-state index is 14.6. The molecule has 0 aromatic carbocycles. The van der Waals surface area contributed by atoms with Gasteiger partial charge in [-0.2, -0.15) is 0 Å². The van der Waals surface area contributed by atoms with Crippen molar-refractivity contribution in [1.82, 2.24) is 30.6 Å². The van der Waals surface area contributed by atoms with E-state index in [0.29, 0.717) is 41.6 Å². The largest absolute Gasteiger partial charge is 0.366 e. The van der Waals surface area contributed by atoms with Crippen LogP contribution in [-0.4, -0.2) is 63.7 Å². The van der Waals surface area contributed by atoms with E-state index >= 15 is 0 Å². The molecule has 1 unspecified atom stereocenters. The second-order valence-corrected chi connectivity index (χ2v) is 8.86. The number of carbonyl (C=O) groups is 1. The monoisotopic (exact) mass is 545 g/mol. The third kappa shape index (κ3) is 6.31. The van der Waals surface area contributed by atoms with Gasteiger partial charge in [0.05, 0.1) is 17.8 Å². The van der Waals surface area contributed by atoms with E-state index in [0.717, 1.165) is 37.4 Å². The molecule has 4 N–H and O–H groups in total. The molecule has 190 valence electrons. The van der Waals surface area contributed by atoms with Gasteiger partial charge in [-0.25, -0.2) is 19.3 Å². The van der Waals surface area contributed by atoms with Gasteiger partial charge in [0.15, 0.2) is 17.5 Å². The molecule has 4 heterocycles. The third-order valence-corrected chi connectivity index (χ3v) is 6.27. The zero-order chi connectivity index (χ0) is 22.8. The molecule has 1 amide bonds. The molecule has 1 aliphatic heterocycles. The van der Waals surface area contributed by atoms with Crippen LogP contribution in [0.2, 0.25) is 5.02 Å². The number of morpholine rings is 1. The summed E-state index contributed by atoms with van der Waals surface area (Å²) < 4.78 is 20.1. The molecule has 1 saturated carbocycles. The van der Waals surface area contributed by atoms with Crippen LogP contribution < -0.4 is 16.0 Å². The first kappa shape index (κ1) is 27.3. The molecule has 9 nitrogen and oxygen atoms in total. The zero-order valence-electron chi connectivity index (χ0n) is 18.7. The van der Waals surface area contributed by atoms with Gasteiger partial charge in [-0.05, 0) is 31.7 Å². The number of hydrogen-bond acceptors (Lipinski definition) is 7. The van der Waals surface area contributed by atoms with Crippen LogP contribution in [0.4, 0.5) is 10.2 Å². The zero-order valence-corrected chi connectivity index (χ0v) is 21.1. The minimum Gasteiger partial charge on any atom is -0.366 e. The number of rotatable bonds is 5. The molecule has 5 rings (SSSR count). The Kier molecular flexibility index (Phi) is 9.48. The Morgan fingerprint density at radius 3 is 2.83 bits per heavy atom. The lowest BCUT2D eigenvalue weighted by atomic mass is 9.90. The summed E-state index contributed by atoms with van der Waals surface area (Å²) in [6, 6.07) is 1.75. The third-order valence-electron chi connectivity index (χ3n) is 6.06. The molecule has 0 bridgehead atoms. The smallest absolute Gasteiger partial charge is 0.250 e. The molecule has 3 atom stereocenters. The number of hydrogen-bond donors (Lipinski definition) is 4. The van der Waals surface area contributed by atoms with Crippen molar-refractivity contribution in [3.63, 3.8) is 0 Å². The lowest BCUT2D eigenvalue weighted by molar-refractivity contribution is -0.135. The maximum absolute atomic E-state index is 14.6. The van der Waals surface area contributed by atoms with Gasteiger partial charge in [-0.15, -0.1) is 24.8 Å². The van der Waals surface area contributed by atoms with E-state index in [9.17, 15) is 9.18 Å². The summed E-state index contributed by atoms with van der Waals surface area (Å²) in [5, 5.41) is 10.7. The second kappa shape index (κ2) is 12.1. The highest BCUT2D eigenvalue weighted by molar-refractivity contribution is 6.31. The van der Waals surface area contributed by atoms with Crippen LogP contribution in [0.5, 0.6) is 0 Å². The first-order valence-corrected chi connectivity index (χ1v) is 11.5. The number of anilines is 1. The molecule has 0 radical (unpaired) electrons. The van der Waals surface area contributed by atoms with Crippen LogP contribution in [0.1, 0.15) is 25.7 Å². The summed E-state index contributed by atoms with van der Waals surface area (Å²) >= 11 is 6.09. The van der Waals surface area contributed by atoms with Gasteiger partial charge >= 0.3 is 0 Å². The van der Waals surface area contributed by atoms with E-state index in [-0.39, 0.29) is 48.6 Å². The molecule has 2 aliphatic rings. The Bertz CT molecular complexity index is 1160. The number of ether oxygens (including phenoxy) is 1. The van der Waals surface area contributed by atoms with Crippen LogP contribution >= 0.6 is 36.4 Å². The van der Waals surface area contributed by atoms with Gasteiger partial charge in [0.2, 0.25) is 0 Å². The van der Waals surface area contributed by atoms with Crippen molar-refractivity contribution >= 4 is 59.2 Å². The van der Waals surface area contributed by atoms with Crippen LogP contribution in [-0.2, 0) is 9.53 Å². The summed E-state index contributed by atoms with van der Waals surface area (Å²) in [5.41, 5.74) is 1.35. The Labute approximate surface area is 219 Å². The van der Waals surface area contributed by atoms with Crippen molar-refractivity contribution in [2.24, 2.45) is 0 Å². The first-order valence-electron chi connectivity index (χ1n) is 11.1. The predicted octanol–water partition coefficient (Wildman–Crippen LogP) is 3.48. The molecule has 3 aromatic rings. The molecule has 1 saturated heterocycles. The normalized spacial score (nSPS) is 22.1. The number of carbonyl (C=O) groups excluding carboxylic acids is 1. The van der Waals surface area contributed by atoms with Crippen molar-refractivity contribution in [3.8, 4) is 11.4 Å². The summed E-state index contributed by atoms with van der Waals surface area (Å²) in [5.74, 6) is -0.115. The number of aromatic amines is 1. The van der Waals surface area contributed by atoms with Gasteiger partial charge in [0.25, 0.3) is 5.91 Å². The summed E-state index contributed by atoms with van der Waals surface area (Å²) in [6.07, 6.45) is 7.32. The van der Waals surface area contributed by atoms with Gasteiger partial charge in [0, 0.05) is 48.5 Å². The molecule has 13 heteroatoms.